The van der Waals surface area contributed by atoms with E-state index < -0.39 is 0 Å². The first-order chi connectivity index (χ1) is 14.2. The molecule has 0 atom stereocenters. The summed E-state index contributed by atoms with van der Waals surface area (Å²) in [6.07, 6.45) is 0.641. The van der Waals surface area contributed by atoms with Crippen molar-refractivity contribution in [2.75, 3.05) is 26.1 Å². The molecule has 0 aliphatic carbocycles. The van der Waals surface area contributed by atoms with Gasteiger partial charge in [0.25, 0.3) is 0 Å². The number of thiazole rings is 1. The van der Waals surface area contributed by atoms with E-state index in [1.165, 1.54) is 11.3 Å². The number of carbonyl (C=O) groups is 1. The molecule has 0 saturated carbocycles. The molecular weight excluding hydrogens is 410 g/mol. The van der Waals surface area contributed by atoms with Crippen LogP contribution in [-0.4, -0.2) is 41.4 Å². The van der Waals surface area contributed by atoms with Gasteiger partial charge in [-0.15, -0.1) is 27.8 Å². The number of nitrogens with zero attached hydrogens (tertiary/aromatic N) is 3. The third kappa shape index (κ3) is 4.33. The maximum absolute atomic E-state index is 12.2. The van der Waals surface area contributed by atoms with Crippen molar-refractivity contribution in [3.63, 3.8) is 0 Å². The first-order valence-corrected chi connectivity index (χ1v) is 10.6. The minimum absolute atomic E-state index is 0.301. The monoisotopic (exact) mass is 429 g/mol. The van der Waals surface area contributed by atoms with Crippen LogP contribution in [0.25, 0.3) is 15.7 Å². The zero-order valence-corrected chi connectivity index (χ0v) is 17.5. The zero-order valence-electron chi connectivity index (χ0n) is 15.8. The van der Waals surface area contributed by atoms with Crippen LogP contribution in [0.2, 0.25) is 0 Å². The van der Waals surface area contributed by atoms with Crippen molar-refractivity contribution in [1.82, 2.24) is 19.9 Å². The van der Waals surface area contributed by atoms with Crippen LogP contribution in [0.3, 0.4) is 0 Å². The molecule has 4 aromatic rings. The first kappa shape index (κ1) is 19.2. The normalized spacial score (nSPS) is 10.8. The van der Waals surface area contributed by atoms with Gasteiger partial charge in [0.2, 0.25) is 4.96 Å². The van der Waals surface area contributed by atoms with E-state index in [4.69, 9.17) is 9.47 Å². The Morgan fingerprint density at radius 2 is 1.97 bits per heavy atom. The average Bonchev–Trinajstić information content (AvgIpc) is 3.45. The quantitative estimate of drug-likeness (QED) is 0.465. The number of carbonyl (C=O) groups excluding carboxylic acids is 1. The van der Waals surface area contributed by atoms with Gasteiger partial charge in [-0.3, -0.25) is 0 Å². The highest BCUT2D eigenvalue weighted by atomic mass is 32.1. The number of anilines is 1. The van der Waals surface area contributed by atoms with Crippen molar-refractivity contribution in [3.05, 3.63) is 46.8 Å². The lowest BCUT2D eigenvalue weighted by Crippen LogP contribution is -2.30. The minimum Gasteiger partial charge on any atom is -0.497 e. The van der Waals surface area contributed by atoms with Crippen molar-refractivity contribution >= 4 is 39.4 Å². The molecule has 1 aromatic carbocycles. The van der Waals surface area contributed by atoms with E-state index in [1.54, 1.807) is 43.8 Å². The summed E-state index contributed by atoms with van der Waals surface area (Å²) in [6, 6.07) is 8.88. The standard InChI is InChI=1S/C19H19N5O3S2/c1-26-14-8-12(9-15(10-14)27-2)21-18(25)20-6-5-13-11-29-19-22-17(23-24(13)19)16-4-3-7-28-16/h3-4,7-11H,5-6H2,1-2H3,(H2,20,21,25). The van der Waals surface area contributed by atoms with Crippen LogP contribution in [0, 0.1) is 0 Å². The molecule has 3 heterocycles. The van der Waals surface area contributed by atoms with Crippen LogP contribution in [0.4, 0.5) is 10.5 Å². The molecule has 3 aromatic heterocycles. The largest absolute Gasteiger partial charge is 0.497 e. The molecule has 0 spiro atoms. The lowest BCUT2D eigenvalue weighted by molar-refractivity contribution is 0.252. The first-order valence-electron chi connectivity index (χ1n) is 8.81. The Labute approximate surface area is 175 Å². The summed E-state index contributed by atoms with van der Waals surface area (Å²) in [6.45, 7) is 0.465. The van der Waals surface area contributed by atoms with E-state index >= 15 is 0 Å². The van der Waals surface area contributed by atoms with E-state index in [-0.39, 0.29) is 6.03 Å². The third-order valence-electron chi connectivity index (χ3n) is 4.17. The molecule has 10 heteroatoms. The molecule has 29 heavy (non-hydrogen) atoms. The van der Waals surface area contributed by atoms with Gasteiger partial charge in [-0.25, -0.2) is 9.31 Å². The molecule has 0 saturated heterocycles. The number of rotatable bonds is 7. The highest BCUT2D eigenvalue weighted by Gasteiger charge is 2.12. The minimum atomic E-state index is -0.301. The topological polar surface area (TPSA) is 89.8 Å². The molecule has 0 unspecified atom stereocenters. The lowest BCUT2D eigenvalue weighted by atomic mass is 10.3. The SMILES string of the molecule is COc1cc(NC(=O)NCCc2csc3nc(-c4cccs4)nn23)cc(OC)c1. The number of urea groups is 1. The van der Waals surface area contributed by atoms with Gasteiger partial charge in [-0.2, -0.15) is 4.98 Å². The fourth-order valence-electron chi connectivity index (χ4n) is 2.77. The van der Waals surface area contributed by atoms with Crippen LogP contribution in [0.5, 0.6) is 11.5 Å². The van der Waals surface area contributed by atoms with E-state index in [9.17, 15) is 4.79 Å². The molecule has 2 amide bonds. The second-order valence-corrected chi connectivity index (χ2v) is 7.85. The fraction of sp³-hybridized carbons (Fsp3) is 0.211. The molecule has 4 rings (SSSR count). The highest BCUT2D eigenvalue weighted by molar-refractivity contribution is 7.15. The van der Waals surface area contributed by atoms with Crippen molar-refractivity contribution in [1.29, 1.82) is 0 Å². The molecule has 2 N–H and O–H groups in total. The smallest absolute Gasteiger partial charge is 0.319 e. The van der Waals surface area contributed by atoms with Crippen molar-refractivity contribution in [2.45, 2.75) is 6.42 Å². The Morgan fingerprint density at radius 3 is 2.66 bits per heavy atom. The van der Waals surface area contributed by atoms with Gasteiger partial charge < -0.3 is 20.1 Å². The van der Waals surface area contributed by atoms with E-state index in [0.29, 0.717) is 30.2 Å². The second kappa shape index (κ2) is 8.50. The molecule has 0 fully saturated rings. The van der Waals surface area contributed by atoms with Gasteiger partial charge in [0.05, 0.1) is 24.8 Å². The number of hydrogen-bond acceptors (Lipinski definition) is 7. The van der Waals surface area contributed by atoms with Crippen LogP contribution >= 0.6 is 22.7 Å². The van der Waals surface area contributed by atoms with Gasteiger partial charge in [-0.1, -0.05) is 6.07 Å². The van der Waals surface area contributed by atoms with Gasteiger partial charge in [0.1, 0.15) is 11.5 Å². The Hall–Kier alpha value is -3.11. The Kier molecular flexibility index (Phi) is 5.63. The summed E-state index contributed by atoms with van der Waals surface area (Å²) in [4.78, 5) is 18.7. The maximum atomic E-state index is 12.2. The lowest BCUT2D eigenvalue weighted by Gasteiger charge is -2.10. The molecular formula is C19H19N5O3S2. The van der Waals surface area contributed by atoms with E-state index in [0.717, 1.165) is 21.4 Å². The number of amides is 2. The molecule has 150 valence electrons. The number of hydrogen-bond donors (Lipinski definition) is 2. The Bertz CT molecular complexity index is 1100. The average molecular weight is 430 g/mol. The van der Waals surface area contributed by atoms with E-state index in [2.05, 4.69) is 20.7 Å². The number of benzene rings is 1. The van der Waals surface area contributed by atoms with Gasteiger partial charge in [0, 0.05) is 42.2 Å². The Balaban J connectivity index is 1.36. The van der Waals surface area contributed by atoms with Crippen molar-refractivity contribution < 1.29 is 14.3 Å². The summed E-state index contributed by atoms with van der Waals surface area (Å²) >= 11 is 3.15. The maximum Gasteiger partial charge on any atom is 0.319 e. The van der Waals surface area contributed by atoms with Crippen molar-refractivity contribution in [3.8, 4) is 22.2 Å². The number of thiophene rings is 1. The molecule has 0 aliphatic heterocycles. The zero-order chi connectivity index (χ0) is 20.2. The van der Waals surface area contributed by atoms with Crippen LogP contribution in [-0.2, 0) is 6.42 Å². The summed E-state index contributed by atoms with van der Waals surface area (Å²) < 4.78 is 12.3. The third-order valence-corrected chi connectivity index (χ3v) is 5.90. The van der Waals surface area contributed by atoms with Gasteiger partial charge in [-0.05, 0) is 11.4 Å². The molecule has 8 nitrogen and oxygen atoms in total. The van der Waals surface area contributed by atoms with E-state index in [1.807, 2.05) is 27.4 Å². The number of methoxy groups -OCH3 is 2. The van der Waals surface area contributed by atoms with Crippen LogP contribution < -0.4 is 20.1 Å². The molecule has 0 aliphatic rings. The number of nitrogens with one attached hydrogen (secondary N) is 2. The van der Waals surface area contributed by atoms with Gasteiger partial charge >= 0.3 is 6.03 Å². The predicted octanol–water partition coefficient (Wildman–Crippen LogP) is 3.90. The molecule has 0 radical (unpaired) electrons. The molecule has 0 bridgehead atoms. The highest BCUT2D eigenvalue weighted by Crippen LogP contribution is 2.26. The summed E-state index contributed by atoms with van der Waals surface area (Å²) in [5.41, 5.74) is 1.59. The number of fused-ring (bicyclic) bond motifs is 1. The summed E-state index contributed by atoms with van der Waals surface area (Å²) in [5.74, 6) is 1.94. The summed E-state index contributed by atoms with van der Waals surface area (Å²) in [5, 5.41) is 14.3. The predicted molar refractivity (Wildman–Crippen MR) is 114 cm³/mol. The van der Waals surface area contributed by atoms with Crippen LogP contribution in [0.15, 0.2) is 41.1 Å². The fourth-order valence-corrected chi connectivity index (χ4v) is 4.27. The Morgan fingerprint density at radius 1 is 1.17 bits per heavy atom. The van der Waals surface area contributed by atoms with Crippen LogP contribution in [0.1, 0.15) is 5.69 Å². The second-order valence-electron chi connectivity index (χ2n) is 6.07. The summed E-state index contributed by atoms with van der Waals surface area (Å²) in [7, 11) is 3.13. The van der Waals surface area contributed by atoms with Crippen molar-refractivity contribution in [2.24, 2.45) is 0 Å². The van der Waals surface area contributed by atoms with Gasteiger partial charge in [0.15, 0.2) is 5.82 Å². The number of aromatic nitrogens is 3. The number of ether oxygens (including phenoxy) is 2.